The van der Waals surface area contributed by atoms with E-state index in [1.54, 1.807) is 0 Å². The fourth-order valence-electron chi connectivity index (χ4n) is 2.09. The lowest BCUT2D eigenvalue weighted by Gasteiger charge is -2.27. The van der Waals surface area contributed by atoms with E-state index in [1.807, 2.05) is 0 Å². The highest BCUT2D eigenvalue weighted by Gasteiger charge is 2.26. The molecule has 2 nitrogen and oxygen atoms in total. The number of rotatable bonds is 4. The predicted molar refractivity (Wildman–Crippen MR) is 55.7 cm³/mol. The van der Waals surface area contributed by atoms with Gasteiger partial charge in [0.15, 0.2) is 0 Å². The molecule has 1 aliphatic carbocycles. The third kappa shape index (κ3) is 2.96. The largest absolute Gasteiger partial charge is 0.393 e. The van der Waals surface area contributed by atoms with Crippen LogP contribution in [-0.2, 0) is 0 Å². The Kier molecular flexibility index (Phi) is 4.20. The van der Waals surface area contributed by atoms with Gasteiger partial charge in [-0.25, -0.2) is 0 Å². The fourth-order valence-corrected chi connectivity index (χ4v) is 2.09. The van der Waals surface area contributed by atoms with E-state index in [0.29, 0.717) is 12.0 Å². The topological polar surface area (TPSA) is 23.5 Å². The fraction of sp³-hybridized carbons (Fsp3) is 1.00. The van der Waals surface area contributed by atoms with Crippen molar-refractivity contribution in [1.82, 2.24) is 4.90 Å². The minimum Gasteiger partial charge on any atom is -0.393 e. The van der Waals surface area contributed by atoms with E-state index in [4.69, 9.17) is 0 Å². The molecule has 3 unspecified atom stereocenters. The molecule has 78 valence electrons. The summed E-state index contributed by atoms with van der Waals surface area (Å²) in [5.74, 6) is 0.527. The van der Waals surface area contributed by atoms with Gasteiger partial charge in [-0.2, -0.15) is 0 Å². The van der Waals surface area contributed by atoms with Crippen LogP contribution in [0.25, 0.3) is 0 Å². The molecule has 1 saturated carbocycles. The summed E-state index contributed by atoms with van der Waals surface area (Å²) in [6, 6.07) is 0.646. The zero-order chi connectivity index (χ0) is 9.84. The lowest BCUT2D eigenvalue weighted by Crippen LogP contribution is -2.35. The van der Waals surface area contributed by atoms with E-state index in [2.05, 4.69) is 25.8 Å². The van der Waals surface area contributed by atoms with Crippen LogP contribution in [0, 0.1) is 5.92 Å². The van der Waals surface area contributed by atoms with Gasteiger partial charge in [0.05, 0.1) is 6.10 Å². The SMILES string of the molecule is CCC(C)N(C)CC1CCCC1O. The molecule has 2 heteroatoms. The van der Waals surface area contributed by atoms with Crippen LogP contribution in [0.3, 0.4) is 0 Å². The average Bonchev–Trinajstić information content (AvgIpc) is 2.50. The van der Waals surface area contributed by atoms with Crippen LogP contribution in [0.1, 0.15) is 39.5 Å². The van der Waals surface area contributed by atoms with Crippen LogP contribution in [0.4, 0.5) is 0 Å². The van der Waals surface area contributed by atoms with Crippen molar-refractivity contribution < 1.29 is 5.11 Å². The van der Waals surface area contributed by atoms with Gasteiger partial charge in [-0.05, 0) is 39.2 Å². The Balaban J connectivity index is 2.30. The third-order valence-electron chi connectivity index (χ3n) is 3.48. The van der Waals surface area contributed by atoms with Gasteiger partial charge in [0.2, 0.25) is 0 Å². The molecular weight excluding hydrogens is 162 g/mol. The summed E-state index contributed by atoms with van der Waals surface area (Å²) in [7, 11) is 2.17. The molecule has 0 amide bonds. The van der Waals surface area contributed by atoms with Gasteiger partial charge >= 0.3 is 0 Å². The van der Waals surface area contributed by atoms with E-state index < -0.39 is 0 Å². The molecule has 0 saturated heterocycles. The molecule has 1 aliphatic rings. The Morgan fingerprint density at radius 1 is 1.46 bits per heavy atom. The first-order valence-corrected chi connectivity index (χ1v) is 5.53. The molecule has 0 aromatic carbocycles. The lowest BCUT2D eigenvalue weighted by molar-refractivity contribution is 0.0984. The second kappa shape index (κ2) is 4.97. The third-order valence-corrected chi connectivity index (χ3v) is 3.48. The van der Waals surface area contributed by atoms with Crippen molar-refractivity contribution >= 4 is 0 Å². The molecule has 0 aromatic rings. The first-order chi connectivity index (χ1) is 6.15. The molecule has 1 N–H and O–H groups in total. The molecule has 0 bridgehead atoms. The van der Waals surface area contributed by atoms with Gasteiger partial charge in [0, 0.05) is 12.6 Å². The summed E-state index contributed by atoms with van der Waals surface area (Å²) < 4.78 is 0. The van der Waals surface area contributed by atoms with Crippen molar-refractivity contribution in [1.29, 1.82) is 0 Å². The van der Waals surface area contributed by atoms with Crippen LogP contribution in [0.15, 0.2) is 0 Å². The second-order valence-electron chi connectivity index (χ2n) is 4.46. The first-order valence-electron chi connectivity index (χ1n) is 5.53. The van der Waals surface area contributed by atoms with Crippen molar-refractivity contribution in [3.63, 3.8) is 0 Å². The highest BCUT2D eigenvalue weighted by atomic mass is 16.3. The van der Waals surface area contributed by atoms with Gasteiger partial charge in [0.25, 0.3) is 0 Å². The van der Waals surface area contributed by atoms with Gasteiger partial charge < -0.3 is 10.0 Å². The summed E-state index contributed by atoms with van der Waals surface area (Å²) >= 11 is 0. The minimum atomic E-state index is -0.0356. The zero-order valence-electron chi connectivity index (χ0n) is 9.16. The number of hydrogen-bond donors (Lipinski definition) is 1. The number of hydrogen-bond acceptors (Lipinski definition) is 2. The van der Waals surface area contributed by atoms with Crippen LogP contribution in [-0.4, -0.2) is 35.7 Å². The summed E-state index contributed by atoms with van der Waals surface area (Å²) in [5, 5.41) is 9.67. The number of aliphatic hydroxyl groups excluding tert-OH is 1. The Morgan fingerprint density at radius 3 is 2.62 bits per heavy atom. The number of aliphatic hydroxyl groups is 1. The Hall–Kier alpha value is -0.0800. The molecule has 0 spiro atoms. The van der Waals surface area contributed by atoms with Crippen LogP contribution < -0.4 is 0 Å². The summed E-state index contributed by atoms with van der Waals surface area (Å²) in [5.41, 5.74) is 0. The van der Waals surface area contributed by atoms with Gasteiger partial charge in [0.1, 0.15) is 0 Å². The molecule has 0 heterocycles. The molecule has 3 atom stereocenters. The monoisotopic (exact) mass is 185 g/mol. The lowest BCUT2D eigenvalue weighted by atomic mass is 10.0. The smallest absolute Gasteiger partial charge is 0.0580 e. The minimum absolute atomic E-state index is 0.0356. The van der Waals surface area contributed by atoms with E-state index >= 15 is 0 Å². The quantitative estimate of drug-likeness (QED) is 0.723. The van der Waals surface area contributed by atoms with Crippen LogP contribution in [0.2, 0.25) is 0 Å². The maximum Gasteiger partial charge on any atom is 0.0580 e. The number of nitrogens with zero attached hydrogens (tertiary/aromatic N) is 1. The van der Waals surface area contributed by atoms with Crippen molar-refractivity contribution in [3.8, 4) is 0 Å². The van der Waals surface area contributed by atoms with E-state index in [-0.39, 0.29) is 6.10 Å². The highest BCUT2D eigenvalue weighted by molar-refractivity contribution is 4.79. The zero-order valence-corrected chi connectivity index (χ0v) is 9.16. The standard InChI is InChI=1S/C11H23NO/c1-4-9(2)12(3)8-10-6-5-7-11(10)13/h9-11,13H,4-8H2,1-3H3. The van der Waals surface area contributed by atoms with Crippen molar-refractivity contribution in [2.24, 2.45) is 5.92 Å². The van der Waals surface area contributed by atoms with Crippen molar-refractivity contribution in [2.45, 2.75) is 51.7 Å². The summed E-state index contributed by atoms with van der Waals surface area (Å²) in [6.45, 7) is 5.53. The molecule has 0 radical (unpaired) electrons. The van der Waals surface area contributed by atoms with Gasteiger partial charge in [-0.15, -0.1) is 0 Å². The Labute approximate surface area is 81.9 Å². The first kappa shape index (κ1) is 11.0. The predicted octanol–water partition coefficient (Wildman–Crippen LogP) is 1.88. The van der Waals surface area contributed by atoms with Gasteiger partial charge in [-0.1, -0.05) is 13.3 Å². The Bertz CT molecular complexity index is 149. The second-order valence-corrected chi connectivity index (χ2v) is 4.46. The molecular formula is C11H23NO. The van der Waals surface area contributed by atoms with Crippen LogP contribution >= 0.6 is 0 Å². The normalized spacial score (nSPS) is 31.2. The van der Waals surface area contributed by atoms with Gasteiger partial charge in [-0.3, -0.25) is 0 Å². The molecule has 0 aromatic heterocycles. The molecule has 0 aliphatic heterocycles. The molecule has 13 heavy (non-hydrogen) atoms. The maximum absolute atomic E-state index is 9.67. The van der Waals surface area contributed by atoms with Crippen LogP contribution in [0.5, 0.6) is 0 Å². The van der Waals surface area contributed by atoms with Crippen molar-refractivity contribution in [3.05, 3.63) is 0 Å². The van der Waals surface area contributed by atoms with E-state index in [0.717, 1.165) is 13.0 Å². The highest BCUT2D eigenvalue weighted by Crippen LogP contribution is 2.26. The molecule has 1 fully saturated rings. The summed E-state index contributed by atoms with van der Waals surface area (Å²) in [6.07, 6.45) is 4.59. The average molecular weight is 185 g/mol. The molecule has 1 rings (SSSR count). The van der Waals surface area contributed by atoms with E-state index in [1.165, 1.54) is 19.3 Å². The maximum atomic E-state index is 9.67. The van der Waals surface area contributed by atoms with Crippen molar-refractivity contribution in [2.75, 3.05) is 13.6 Å². The van der Waals surface area contributed by atoms with E-state index in [9.17, 15) is 5.11 Å². The summed E-state index contributed by atoms with van der Waals surface area (Å²) in [4.78, 5) is 2.37. The Morgan fingerprint density at radius 2 is 2.15 bits per heavy atom.